The first-order chi connectivity index (χ1) is 18.4. The summed E-state index contributed by atoms with van der Waals surface area (Å²) in [6.45, 7) is 4.01. The molecule has 1 N–H and O–H groups in total. The first-order valence-corrected chi connectivity index (χ1v) is 11.9. The second-order valence-electron chi connectivity index (χ2n) is 8.56. The van der Waals surface area contributed by atoms with Crippen LogP contribution in [0, 0.1) is 25.5 Å². The van der Waals surface area contributed by atoms with Gasteiger partial charge in [0.1, 0.15) is 47.1 Å². The zero-order chi connectivity index (χ0) is 26.6. The fourth-order valence-corrected chi connectivity index (χ4v) is 4.02. The minimum absolute atomic E-state index is 0.0962. The van der Waals surface area contributed by atoms with Gasteiger partial charge >= 0.3 is 0 Å². The van der Waals surface area contributed by atoms with E-state index in [9.17, 15) is 8.78 Å². The third-order valence-electron chi connectivity index (χ3n) is 5.73. The van der Waals surface area contributed by atoms with Gasteiger partial charge in [0.25, 0.3) is 0 Å². The van der Waals surface area contributed by atoms with Gasteiger partial charge in [0.15, 0.2) is 5.82 Å². The maximum Gasteiger partial charge on any atom is 0.182 e. The van der Waals surface area contributed by atoms with Crippen molar-refractivity contribution in [1.82, 2.24) is 29.7 Å². The number of hydrogen-bond acceptors (Lipinski definition) is 8. The summed E-state index contributed by atoms with van der Waals surface area (Å²) in [6.07, 6.45) is 1.66. The van der Waals surface area contributed by atoms with Crippen molar-refractivity contribution in [1.29, 1.82) is 0 Å². The van der Waals surface area contributed by atoms with Gasteiger partial charge in [-0.1, -0.05) is 18.2 Å². The maximum absolute atomic E-state index is 14.9. The van der Waals surface area contributed by atoms with Crippen molar-refractivity contribution in [2.75, 3.05) is 25.6 Å². The molecule has 5 aromatic rings. The molecule has 0 unspecified atom stereocenters. The largest absolute Gasteiger partial charge is 0.491 e. The fourth-order valence-electron chi connectivity index (χ4n) is 4.02. The molecule has 0 amide bonds. The van der Waals surface area contributed by atoms with Crippen LogP contribution in [0.3, 0.4) is 0 Å². The number of methoxy groups -OCH3 is 1. The van der Waals surface area contributed by atoms with Crippen LogP contribution in [0.15, 0.2) is 54.7 Å². The molecule has 0 saturated carbocycles. The Morgan fingerprint density at radius 1 is 0.921 bits per heavy atom. The molecule has 38 heavy (non-hydrogen) atoms. The van der Waals surface area contributed by atoms with Gasteiger partial charge in [-0.3, -0.25) is 4.68 Å². The van der Waals surface area contributed by atoms with Gasteiger partial charge in [-0.15, -0.1) is 0 Å². The quantitative estimate of drug-likeness (QED) is 0.273. The van der Waals surface area contributed by atoms with E-state index in [1.165, 1.54) is 7.11 Å². The van der Waals surface area contributed by atoms with Gasteiger partial charge in [0.2, 0.25) is 0 Å². The summed E-state index contributed by atoms with van der Waals surface area (Å²) in [4.78, 5) is 17.7. The Balaban J connectivity index is 1.50. The van der Waals surface area contributed by atoms with E-state index in [0.29, 0.717) is 46.8 Å². The minimum atomic E-state index is -0.725. The van der Waals surface area contributed by atoms with Crippen LogP contribution < -0.4 is 10.1 Å². The van der Waals surface area contributed by atoms with E-state index in [2.05, 4.69) is 30.4 Å². The van der Waals surface area contributed by atoms with Gasteiger partial charge in [-0.05, 0) is 26.0 Å². The van der Waals surface area contributed by atoms with Gasteiger partial charge in [0.05, 0.1) is 18.7 Å². The van der Waals surface area contributed by atoms with Crippen LogP contribution in [-0.2, 0) is 11.3 Å². The summed E-state index contributed by atoms with van der Waals surface area (Å²) in [7, 11) is 1.52. The lowest BCUT2D eigenvalue weighted by molar-refractivity contribution is 0.146. The lowest BCUT2D eigenvalue weighted by atomic mass is 10.1. The van der Waals surface area contributed by atoms with Crippen molar-refractivity contribution in [3.8, 4) is 17.3 Å². The summed E-state index contributed by atoms with van der Waals surface area (Å²) in [5, 5.41) is 8.61. The van der Waals surface area contributed by atoms with Crippen molar-refractivity contribution in [3.05, 3.63) is 83.4 Å². The summed E-state index contributed by atoms with van der Waals surface area (Å²) in [5.74, 6) is 0.770. The van der Waals surface area contributed by atoms with Crippen molar-refractivity contribution in [2.24, 2.45) is 0 Å². The number of anilines is 2. The van der Waals surface area contributed by atoms with E-state index < -0.39 is 11.6 Å². The molecule has 0 saturated heterocycles. The molecule has 3 heterocycles. The van der Waals surface area contributed by atoms with Crippen molar-refractivity contribution in [2.45, 2.75) is 20.4 Å². The van der Waals surface area contributed by atoms with Gasteiger partial charge < -0.3 is 14.8 Å². The number of nitrogens with one attached hydrogen (secondary N) is 1. The normalized spacial score (nSPS) is 11.2. The second-order valence-corrected chi connectivity index (χ2v) is 8.56. The Hall–Kier alpha value is -4.51. The van der Waals surface area contributed by atoms with E-state index in [4.69, 9.17) is 9.47 Å². The van der Waals surface area contributed by atoms with Crippen LogP contribution in [0.1, 0.15) is 17.1 Å². The molecule has 11 heteroatoms. The molecule has 0 aliphatic heterocycles. The highest BCUT2D eigenvalue weighted by Gasteiger charge is 2.19. The standard InChI is InChI=1S/C27H25F2N7O2/c1-16-12-25(33-24-8-9-30-17(2)32-24)34-27(31-16)26-19-6-4-5-7-23(19)36(35-26)15-20-21(28)13-18(14-22(20)29)38-11-10-37-3/h4-9,12-14H,10-11,15H2,1-3H3,(H,30,31,32,33,34). The van der Waals surface area contributed by atoms with Crippen LogP contribution in [0.25, 0.3) is 22.4 Å². The van der Waals surface area contributed by atoms with Crippen molar-refractivity contribution >= 4 is 22.5 Å². The molecule has 194 valence electrons. The Morgan fingerprint density at radius 2 is 1.71 bits per heavy atom. The van der Waals surface area contributed by atoms with E-state index in [1.54, 1.807) is 29.9 Å². The van der Waals surface area contributed by atoms with E-state index >= 15 is 0 Å². The van der Waals surface area contributed by atoms with Gasteiger partial charge in [-0.25, -0.2) is 28.7 Å². The average molecular weight is 518 g/mol. The van der Waals surface area contributed by atoms with Crippen LogP contribution in [0.4, 0.5) is 20.4 Å². The third-order valence-corrected chi connectivity index (χ3v) is 5.73. The second kappa shape index (κ2) is 10.9. The van der Waals surface area contributed by atoms with Crippen molar-refractivity contribution < 1.29 is 18.3 Å². The Bertz CT molecular complexity index is 1580. The molecular weight excluding hydrogens is 492 g/mol. The smallest absolute Gasteiger partial charge is 0.182 e. The van der Waals surface area contributed by atoms with E-state index in [1.807, 2.05) is 31.2 Å². The summed E-state index contributed by atoms with van der Waals surface area (Å²) < 4.78 is 41.7. The lowest BCUT2D eigenvalue weighted by Crippen LogP contribution is -2.09. The molecule has 3 aromatic heterocycles. The molecule has 2 aromatic carbocycles. The first kappa shape index (κ1) is 25.2. The van der Waals surface area contributed by atoms with Crippen molar-refractivity contribution in [3.63, 3.8) is 0 Å². The summed E-state index contributed by atoms with van der Waals surface area (Å²) in [6, 6.07) is 13.3. The number of fused-ring (bicyclic) bond motifs is 1. The molecule has 0 bridgehead atoms. The number of ether oxygens (including phenoxy) is 2. The predicted octanol–water partition coefficient (Wildman–Crippen LogP) is 5.00. The molecule has 5 rings (SSSR count). The van der Waals surface area contributed by atoms with Crippen LogP contribution in [0.5, 0.6) is 5.75 Å². The summed E-state index contributed by atoms with van der Waals surface area (Å²) in [5.41, 5.74) is 1.76. The topological polar surface area (TPSA) is 99.9 Å². The number of nitrogens with zero attached hydrogens (tertiary/aromatic N) is 6. The highest BCUT2D eigenvalue weighted by molar-refractivity contribution is 5.91. The zero-order valence-corrected chi connectivity index (χ0v) is 21.1. The molecule has 0 atom stereocenters. The number of benzene rings is 2. The number of hydrogen-bond donors (Lipinski definition) is 1. The van der Waals surface area contributed by atoms with Gasteiger partial charge in [0, 0.05) is 48.1 Å². The van der Waals surface area contributed by atoms with E-state index in [-0.39, 0.29) is 24.5 Å². The monoisotopic (exact) mass is 517 g/mol. The number of aromatic nitrogens is 6. The SMILES string of the molecule is COCCOc1cc(F)c(Cn2nc(-c3nc(C)cc(Nc4ccnc(C)n4)n3)c3ccccc32)c(F)c1. The third kappa shape index (κ3) is 5.42. The van der Waals surface area contributed by atoms with Crippen LogP contribution in [0.2, 0.25) is 0 Å². The van der Waals surface area contributed by atoms with Gasteiger partial charge in [-0.2, -0.15) is 5.10 Å². The molecule has 0 aliphatic rings. The van der Waals surface area contributed by atoms with E-state index in [0.717, 1.165) is 17.5 Å². The maximum atomic E-state index is 14.9. The number of halogens is 2. The number of rotatable bonds is 9. The average Bonchev–Trinajstić information content (AvgIpc) is 3.25. The Labute approximate surface area is 217 Å². The molecule has 0 aliphatic carbocycles. The van der Waals surface area contributed by atoms with Crippen LogP contribution >= 0.6 is 0 Å². The zero-order valence-electron chi connectivity index (χ0n) is 21.1. The fraction of sp³-hybridized carbons (Fsp3) is 0.222. The molecular formula is C27H25F2N7O2. The minimum Gasteiger partial charge on any atom is -0.491 e. The molecule has 0 spiro atoms. The first-order valence-electron chi connectivity index (χ1n) is 11.9. The predicted molar refractivity (Wildman–Crippen MR) is 138 cm³/mol. The number of aryl methyl sites for hydroxylation is 2. The molecule has 0 fully saturated rings. The molecule has 9 nitrogen and oxygen atoms in total. The summed E-state index contributed by atoms with van der Waals surface area (Å²) >= 11 is 0. The molecule has 0 radical (unpaired) electrons. The lowest BCUT2D eigenvalue weighted by Gasteiger charge is -2.10. The Morgan fingerprint density at radius 3 is 2.47 bits per heavy atom. The van der Waals surface area contributed by atoms with Crippen LogP contribution in [-0.4, -0.2) is 50.0 Å². The highest BCUT2D eigenvalue weighted by Crippen LogP contribution is 2.29. The number of para-hydroxylation sites is 1. The highest BCUT2D eigenvalue weighted by atomic mass is 19.1. The Kier molecular flexibility index (Phi) is 7.18.